The molecular weight excluding hydrogens is 210 g/mol. The molecule has 0 radical (unpaired) electrons. The van der Waals surface area contributed by atoms with Crippen LogP contribution < -0.4 is 0 Å². The van der Waals surface area contributed by atoms with E-state index in [1.807, 2.05) is 0 Å². The molecule has 0 aliphatic heterocycles. The van der Waals surface area contributed by atoms with Gasteiger partial charge in [0.25, 0.3) is 6.47 Å². The molecule has 0 saturated heterocycles. The van der Waals surface area contributed by atoms with Gasteiger partial charge in [0, 0.05) is 23.3 Å². The summed E-state index contributed by atoms with van der Waals surface area (Å²) >= 11 is 5.60. The summed E-state index contributed by atoms with van der Waals surface area (Å²) in [5.41, 5.74) is -0.960. The van der Waals surface area contributed by atoms with Gasteiger partial charge in [-0.3, -0.25) is 14.9 Å². The maximum atomic E-state index is 10.5. The SMILES string of the molecule is CC1([N+](=O)[O-])C=CC(Cl)=CC1.O=CO. The Morgan fingerprint density at radius 3 is 2.57 bits per heavy atom. The van der Waals surface area contributed by atoms with E-state index in [1.165, 1.54) is 6.08 Å². The van der Waals surface area contributed by atoms with Gasteiger partial charge in [-0.2, -0.15) is 0 Å². The van der Waals surface area contributed by atoms with E-state index in [-0.39, 0.29) is 11.4 Å². The van der Waals surface area contributed by atoms with Gasteiger partial charge < -0.3 is 5.11 Å². The van der Waals surface area contributed by atoms with E-state index in [1.54, 1.807) is 19.1 Å². The van der Waals surface area contributed by atoms with Gasteiger partial charge >= 0.3 is 0 Å². The highest BCUT2D eigenvalue weighted by atomic mass is 35.5. The van der Waals surface area contributed by atoms with Crippen LogP contribution in [0.3, 0.4) is 0 Å². The summed E-state index contributed by atoms with van der Waals surface area (Å²) in [6, 6.07) is 0. The zero-order chi connectivity index (χ0) is 11.2. The second-order valence-electron chi connectivity index (χ2n) is 2.85. The van der Waals surface area contributed by atoms with Crippen molar-refractivity contribution < 1.29 is 14.8 Å². The van der Waals surface area contributed by atoms with Crippen molar-refractivity contribution >= 4 is 18.1 Å². The maximum Gasteiger partial charge on any atom is 0.290 e. The number of carbonyl (C=O) groups is 1. The number of nitrogens with zero attached hydrogens (tertiary/aromatic N) is 1. The van der Waals surface area contributed by atoms with Gasteiger partial charge in [-0.15, -0.1) is 0 Å². The quantitative estimate of drug-likeness (QED) is 0.414. The molecule has 0 saturated carbocycles. The van der Waals surface area contributed by atoms with Crippen LogP contribution in [0.4, 0.5) is 0 Å². The summed E-state index contributed by atoms with van der Waals surface area (Å²) in [6.07, 6.45) is 5.11. The summed E-state index contributed by atoms with van der Waals surface area (Å²) in [7, 11) is 0. The van der Waals surface area contributed by atoms with E-state index < -0.39 is 5.54 Å². The predicted molar refractivity (Wildman–Crippen MR) is 51.8 cm³/mol. The Morgan fingerprint density at radius 2 is 2.29 bits per heavy atom. The normalized spacial score (nSPS) is 24.3. The van der Waals surface area contributed by atoms with Crippen molar-refractivity contribution in [2.24, 2.45) is 0 Å². The number of rotatable bonds is 1. The first-order valence-electron chi connectivity index (χ1n) is 3.73. The fraction of sp³-hybridized carbons (Fsp3) is 0.375. The average molecular weight is 220 g/mol. The third-order valence-electron chi connectivity index (χ3n) is 1.73. The minimum absolute atomic E-state index is 0.250. The highest BCUT2D eigenvalue weighted by Gasteiger charge is 2.34. The van der Waals surface area contributed by atoms with Crippen LogP contribution in [0.5, 0.6) is 0 Å². The van der Waals surface area contributed by atoms with E-state index >= 15 is 0 Å². The Hall–Kier alpha value is -1.36. The molecule has 0 amide bonds. The van der Waals surface area contributed by atoms with Crippen molar-refractivity contribution in [1.82, 2.24) is 0 Å². The van der Waals surface area contributed by atoms with Gasteiger partial charge in [0.05, 0.1) is 0 Å². The zero-order valence-electron chi connectivity index (χ0n) is 7.51. The fourth-order valence-electron chi connectivity index (χ4n) is 0.835. The van der Waals surface area contributed by atoms with Crippen LogP contribution in [0.25, 0.3) is 0 Å². The van der Waals surface area contributed by atoms with Crippen LogP contribution in [-0.4, -0.2) is 22.0 Å². The second kappa shape index (κ2) is 5.39. The predicted octanol–water partition coefficient (Wildman–Crippen LogP) is 1.81. The fourth-order valence-corrected chi connectivity index (χ4v) is 0.975. The lowest BCUT2D eigenvalue weighted by Crippen LogP contribution is -2.32. The molecule has 0 aromatic rings. The molecule has 0 aromatic heterocycles. The molecule has 1 aliphatic rings. The second-order valence-corrected chi connectivity index (χ2v) is 3.28. The number of carboxylic acid groups (broad SMARTS) is 1. The van der Waals surface area contributed by atoms with Crippen LogP contribution in [0.15, 0.2) is 23.3 Å². The van der Waals surface area contributed by atoms with Crippen LogP contribution in [0.1, 0.15) is 13.3 Å². The molecule has 14 heavy (non-hydrogen) atoms. The number of hydrogen-bond acceptors (Lipinski definition) is 3. The van der Waals surface area contributed by atoms with Crippen molar-refractivity contribution in [2.45, 2.75) is 18.9 Å². The Morgan fingerprint density at radius 1 is 1.79 bits per heavy atom. The van der Waals surface area contributed by atoms with Gasteiger partial charge in [-0.1, -0.05) is 17.7 Å². The lowest BCUT2D eigenvalue weighted by Gasteiger charge is -2.17. The standard InChI is InChI=1S/C7H8ClNO2.CH2O2/c1-7(9(10)11)4-2-6(8)3-5-7;2-1-3/h2-4H,5H2,1H3;1H,(H,2,3). The third kappa shape index (κ3) is 3.57. The van der Waals surface area contributed by atoms with Crippen LogP contribution in [0, 0.1) is 10.1 Å². The molecule has 0 aromatic carbocycles. The maximum absolute atomic E-state index is 10.5. The molecule has 1 N–H and O–H groups in total. The molecule has 78 valence electrons. The highest BCUT2D eigenvalue weighted by molar-refractivity contribution is 6.31. The molecule has 1 atom stereocenters. The summed E-state index contributed by atoms with van der Waals surface area (Å²) in [5, 5.41) is 17.9. The Balaban J connectivity index is 0.000000500. The number of hydrogen-bond donors (Lipinski definition) is 1. The van der Waals surface area contributed by atoms with Gasteiger partial charge in [0.2, 0.25) is 5.54 Å². The van der Waals surface area contributed by atoms with Crippen molar-refractivity contribution in [3.63, 3.8) is 0 Å². The Kier molecular flexibility index (Phi) is 4.86. The summed E-state index contributed by atoms with van der Waals surface area (Å²) in [6.45, 7) is 1.32. The average Bonchev–Trinajstić information content (AvgIpc) is 2.11. The molecule has 0 heterocycles. The minimum Gasteiger partial charge on any atom is -0.483 e. The van der Waals surface area contributed by atoms with E-state index in [4.69, 9.17) is 21.5 Å². The summed E-state index contributed by atoms with van der Waals surface area (Å²) in [4.78, 5) is 18.5. The van der Waals surface area contributed by atoms with Crippen molar-refractivity contribution in [1.29, 1.82) is 0 Å². The van der Waals surface area contributed by atoms with Gasteiger partial charge in [0.15, 0.2) is 0 Å². The largest absolute Gasteiger partial charge is 0.483 e. The first-order chi connectivity index (χ1) is 6.46. The topological polar surface area (TPSA) is 80.4 Å². The van der Waals surface area contributed by atoms with E-state index in [2.05, 4.69) is 0 Å². The smallest absolute Gasteiger partial charge is 0.290 e. The van der Waals surface area contributed by atoms with E-state index in [0.717, 1.165) is 0 Å². The molecule has 0 bridgehead atoms. The molecule has 1 unspecified atom stereocenters. The van der Waals surface area contributed by atoms with E-state index in [0.29, 0.717) is 11.5 Å². The van der Waals surface area contributed by atoms with Crippen LogP contribution >= 0.6 is 11.6 Å². The Bertz CT molecular complexity index is 287. The minimum atomic E-state index is -0.960. The number of nitro groups is 1. The molecule has 1 aliphatic carbocycles. The first-order valence-corrected chi connectivity index (χ1v) is 4.11. The van der Waals surface area contributed by atoms with Gasteiger partial charge in [-0.25, -0.2) is 0 Å². The Labute approximate surface area is 85.8 Å². The lowest BCUT2D eigenvalue weighted by atomic mass is 9.95. The van der Waals surface area contributed by atoms with Crippen molar-refractivity contribution in [3.05, 3.63) is 33.4 Å². The third-order valence-corrected chi connectivity index (χ3v) is 2.01. The molecule has 0 spiro atoms. The van der Waals surface area contributed by atoms with Crippen LogP contribution in [-0.2, 0) is 4.79 Å². The van der Waals surface area contributed by atoms with Crippen molar-refractivity contribution in [3.8, 4) is 0 Å². The number of halogens is 1. The molecule has 5 nitrogen and oxygen atoms in total. The van der Waals surface area contributed by atoms with E-state index in [9.17, 15) is 10.1 Å². The van der Waals surface area contributed by atoms with Crippen molar-refractivity contribution in [2.75, 3.05) is 0 Å². The summed E-state index contributed by atoms with van der Waals surface area (Å²) in [5.74, 6) is 0. The highest BCUT2D eigenvalue weighted by Crippen LogP contribution is 2.24. The monoisotopic (exact) mass is 219 g/mol. The van der Waals surface area contributed by atoms with Gasteiger partial charge in [-0.05, 0) is 12.2 Å². The van der Waals surface area contributed by atoms with Gasteiger partial charge in [0.1, 0.15) is 0 Å². The summed E-state index contributed by atoms with van der Waals surface area (Å²) < 4.78 is 0. The lowest BCUT2D eigenvalue weighted by molar-refractivity contribution is -0.549. The molecular formula is C8H10ClNO4. The first kappa shape index (κ1) is 12.6. The van der Waals surface area contributed by atoms with Crippen LogP contribution in [0.2, 0.25) is 0 Å². The molecule has 1 rings (SSSR count). The number of allylic oxidation sites excluding steroid dienone is 2. The zero-order valence-corrected chi connectivity index (χ0v) is 8.27. The molecule has 6 heteroatoms. The molecule has 0 fully saturated rings.